The molecule has 0 aliphatic rings. The summed E-state index contributed by atoms with van der Waals surface area (Å²) in [6.45, 7) is 4.08. The van der Waals surface area contributed by atoms with Gasteiger partial charge in [-0.05, 0) is 36.5 Å². The third-order valence-corrected chi connectivity index (χ3v) is 3.58. The van der Waals surface area contributed by atoms with Crippen LogP contribution in [0, 0.1) is 13.8 Å². The minimum absolute atomic E-state index is 0.0134. The second kappa shape index (κ2) is 4.38. The molecule has 0 spiro atoms. The first kappa shape index (κ1) is 11.9. The number of pyridine rings is 1. The van der Waals surface area contributed by atoms with Crippen molar-refractivity contribution in [1.82, 2.24) is 9.36 Å². The smallest absolute Gasteiger partial charge is 0.307 e. The van der Waals surface area contributed by atoms with Crippen LogP contribution in [-0.4, -0.2) is 20.4 Å². The van der Waals surface area contributed by atoms with Gasteiger partial charge in [0.15, 0.2) is 0 Å². The standard InChI is InChI=1S/C11H13N3O2S/c1-5-7(3-9(15)16)6(2)13-11-10(5)8(4-12)14-17-11/h3-4,12H2,1-2H3,(H,15,16). The monoisotopic (exact) mass is 251 g/mol. The lowest BCUT2D eigenvalue weighted by Crippen LogP contribution is -2.07. The average Bonchev–Trinajstić information content (AvgIpc) is 2.66. The summed E-state index contributed by atoms with van der Waals surface area (Å²) in [5.74, 6) is -0.852. The Balaban J connectivity index is 2.71. The van der Waals surface area contributed by atoms with Crippen molar-refractivity contribution in [2.24, 2.45) is 5.73 Å². The molecule has 0 bridgehead atoms. The Labute approximate surface area is 102 Å². The van der Waals surface area contributed by atoms with Crippen LogP contribution in [0.2, 0.25) is 0 Å². The molecule has 0 atom stereocenters. The van der Waals surface area contributed by atoms with E-state index in [1.54, 1.807) is 0 Å². The van der Waals surface area contributed by atoms with E-state index >= 15 is 0 Å². The lowest BCUT2D eigenvalue weighted by molar-refractivity contribution is -0.136. The van der Waals surface area contributed by atoms with Crippen molar-refractivity contribution in [1.29, 1.82) is 0 Å². The second-order valence-corrected chi connectivity index (χ2v) is 4.64. The van der Waals surface area contributed by atoms with E-state index in [4.69, 9.17) is 10.8 Å². The number of nitrogens with zero attached hydrogens (tertiary/aromatic N) is 2. The summed E-state index contributed by atoms with van der Waals surface area (Å²) in [5.41, 5.74) is 8.86. The highest BCUT2D eigenvalue weighted by Crippen LogP contribution is 2.28. The van der Waals surface area contributed by atoms with Crippen LogP contribution in [0.25, 0.3) is 10.2 Å². The van der Waals surface area contributed by atoms with Gasteiger partial charge in [0.05, 0.1) is 12.1 Å². The van der Waals surface area contributed by atoms with E-state index in [1.807, 2.05) is 13.8 Å². The van der Waals surface area contributed by atoms with Gasteiger partial charge in [-0.3, -0.25) is 4.79 Å². The number of fused-ring (bicyclic) bond motifs is 1. The maximum atomic E-state index is 10.8. The molecule has 0 aliphatic heterocycles. The molecular weight excluding hydrogens is 238 g/mol. The normalized spacial score (nSPS) is 11.0. The first-order chi connectivity index (χ1) is 8.04. The van der Waals surface area contributed by atoms with Crippen molar-refractivity contribution < 1.29 is 9.90 Å². The van der Waals surface area contributed by atoms with Crippen molar-refractivity contribution in [2.75, 3.05) is 0 Å². The summed E-state index contributed by atoms with van der Waals surface area (Å²) in [5, 5.41) is 9.82. The molecule has 0 saturated carbocycles. The van der Waals surface area contributed by atoms with Gasteiger partial charge in [0.1, 0.15) is 4.83 Å². The lowest BCUT2D eigenvalue weighted by Gasteiger charge is -2.08. The number of aryl methyl sites for hydroxylation is 2. The number of aromatic nitrogens is 2. The predicted octanol–water partition coefficient (Wildman–Crippen LogP) is 1.39. The Bertz CT molecular complexity index is 592. The molecule has 0 saturated heterocycles. The Morgan fingerprint density at radius 2 is 2.18 bits per heavy atom. The molecule has 0 radical (unpaired) electrons. The van der Waals surface area contributed by atoms with E-state index in [2.05, 4.69) is 9.36 Å². The van der Waals surface area contributed by atoms with Crippen LogP contribution < -0.4 is 5.73 Å². The van der Waals surface area contributed by atoms with Crippen LogP contribution in [0.3, 0.4) is 0 Å². The Kier molecular flexibility index (Phi) is 3.08. The van der Waals surface area contributed by atoms with Gasteiger partial charge in [0.2, 0.25) is 0 Å². The van der Waals surface area contributed by atoms with Crippen molar-refractivity contribution in [3.63, 3.8) is 0 Å². The molecule has 2 heterocycles. The molecule has 6 heteroatoms. The summed E-state index contributed by atoms with van der Waals surface area (Å²) < 4.78 is 4.24. The van der Waals surface area contributed by atoms with Crippen LogP contribution in [-0.2, 0) is 17.8 Å². The highest BCUT2D eigenvalue weighted by molar-refractivity contribution is 7.13. The number of carbonyl (C=O) groups is 1. The highest BCUT2D eigenvalue weighted by Gasteiger charge is 2.16. The number of nitrogens with two attached hydrogens (primary N) is 1. The van der Waals surface area contributed by atoms with Gasteiger partial charge >= 0.3 is 5.97 Å². The number of hydrogen-bond acceptors (Lipinski definition) is 5. The van der Waals surface area contributed by atoms with Gasteiger partial charge in [-0.2, -0.15) is 4.37 Å². The van der Waals surface area contributed by atoms with E-state index in [0.29, 0.717) is 6.54 Å². The molecule has 3 N–H and O–H groups in total. The number of carboxylic acids is 1. The quantitative estimate of drug-likeness (QED) is 0.860. The first-order valence-electron chi connectivity index (χ1n) is 5.20. The fourth-order valence-electron chi connectivity index (χ4n) is 1.96. The number of hydrogen-bond donors (Lipinski definition) is 2. The molecule has 0 unspecified atom stereocenters. The molecule has 0 aromatic carbocycles. The van der Waals surface area contributed by atoms with Crippen molar-refractivity contribution in [3.8, 4) is 0 Å². The third-order valence-electron chi connectivity index (χ3n) is 2.80. The summed E-state index contributed by atoms with van der Waals surface area (Å²) in [4.78, 5) is 16.1. The zero-order valence-electron chi connectivity index (χ0n) is 9.65. The van der Waals surface area contributed by atoms with Gasteiger partial charge < -0.3 is 10.8 Å². The summed E-state index contributed by atoms with van der Waals surface area (Å²) >= 11 is 1.31. The summed E-state index contributed by atoms with van der Waals surface area (Å²) in [7, 11) is 0. The Morgan fingerprint density at radius 3 is 2.76 bits per heavy atom. The van der Waals surface area contributed by atoms with E-state index < -0.39 is 5.97 Å². The van der Waals surface area contributed by atoms with E-state index in [9.17, 15) is 4.79 Å². The minimum Gasteiger partial charge on any atom is -0.481 e. The molecule has 5 nitrogen and oxygen atoms in total. The highest BCUT2D eigenvalue weighted by atomic mass is 32.1. The molecule has 0 fully saturated rings. The lowest BCUT2D eigenvalue weighted by atomic mass is 10.0. The fraction of sp³-hybridized carbons (Fsp3) is 0.364. The average molecular weight is 251 g/mol. The SMILES string of the molecule is Cc1nc2snc(CN)c2c(C)c1CC(=O)O. The molecule has 0 aliphatic carbocycles. The zero-order valence-corrected chi connectivity index (χ0v) is 10.5. The van der Waals surface area contributed by atoms with Gasteiger partial charge in [-0.25, -0.2) is 4.98 Å². The molecule has 0 amide bonds. The molecule has 90 valence electrons. The van der Waals surface area contributed by atoms with E-state index in [1.165, 1.54) is 11.5 Å². The zero-order chi connectivity index (χ0) is 12.6. The van der Waals surface area contributed by atoms with Crippen molar-refractivity contribution in [2.45, 2.75) is 26.8 Å². The van der Waals surface area contributed by atoms with Crippen LogP contribution >= 0.6 is 11.5 Å². The van der Waals surface area contributed by atoms with Crippen molar-refractivity contribution in [3.05, 3.63) is 22.5 Å². The van der Waals surface area contributed by atoms with E-state index in [-0.39, 0.29) is 6.42 Å². The predicted molar refractivity (Wildman–Crippen MR) is 66.1 cm³/mol. The molecular formula is C11H13N3O2S. The van der Waals surface area contributed by atoms with Gasteiger partial charge in [-0.1, -0.05) is 0 Å². The van der Waals surface area contributed by atoms with Gasteiger partial charge in [0, 0.05) is 17.6 Å². The topological polar surface area (TPSA) is 89.1 Å². The molecule has 17 heavy (non-hydrogen) atoms. The second-order valence-electron chi connectivity index (χ2n) is 3.88. The molecule has 2 rings (SSSR count). The fourth-order valence-corrected chi connectivity index (χ4v) is 2.86. The molecule has 2 aromatic rings. The van der Waals surface area contributed by atoms with Crippen LogP contribution in [0.1, 0.15) is 22.5 Å². The van der Waals surface area contributed by atoms with Gasteiger partial charge in [-0.15, -0.1) is 0 Å². The van der Waals surface area contributed by atoms with Crippen LogP contribution in [0.5, 0.6) is 0 Å². The summed E-state index contributed by atoms with van der Waals surface area (Å²) in [6.07, 6.45) is -0.0134. The van der Waals surface area contributed by atoms with Crippen LogP contribution in [0.4, 0.5) is 0 Å². The third kappa shape index (κ3) is 2.01. The summed E-state index contributed by atoms with van der Waals surface area (Å²) in [6, 6.07) is 0. The minimum atomic E-state index is -0.852. The first-order valence-corrected chi connectivity index (χ1v) is 5.98. The van der Waals surface area contributed by atoms with Gasteiger partial charge in [0.25, 0.3) is 0 Å². The largest absolute Gasteiger partial charge is 0.481 e. The van der Waals surface area contributed by atoms with Crippen LogP contribution in [0.15, 0.2) is 0 Å². The maximum Gasteiger partial charge on any atom is 0.307 e. The number of rotatable bonds is 3. The number of aliphatic carboxylic acids is 1. The van der Waals surface area contributed by atoms with Crippen molar-refractivity contribution >= 4 is 27.7 Å². The Hall–Kier alpha value is -1.53. The molecule has 2 aromatic heterocycles. The number of carboxylic acid groups (broad SMARTS) is 1. The van der Waals surface area contributed by atoms with E-state index in [0.717, 1.165) is 32.7 Å². The Morgan fingerprint density at radius 1 is 1.47 bits per heavy atom. The maximum absolute atomic E-state index is 10.8.